The van der Waals surface area contributed by atoms with Gasteiger partial charge in [0, 0.05) is 32.0 Å². The number of piperidine rings is 1. The van der Waals surface area contributed by atoms with Crippen molar-refractivity contribution >= 4 is 33.6 Å². The highest BCUT2D eigenvalue weighted by molar-refractivity contribution is 7.18. The summed E-state index contributed by atoms with van der Waals surface area (Å²) in [6, 6.07) is 8.68. The monoisotopic (exact) mass is 417 g/mol. The molecule has 3 heterocycles. The molecule has 0 saturated carbocycles. The molecule has 8 heteroatoms. The number of thiazole rings is 1. The number of hydrogen-bond acceptors (Lipinski definition) is 5. The van der Waals surface area contributed by atoms with E-state index in [0.29, 0.717) is 32.3 Å². The molecule has 2 aliphatic heterocycles. The number of amides is 2. The van der Waals surface area contributed by atoms with Crippen LogP contribution in [0.4, 0.5) is 4.79 Å². The van der Waals surface area contributed by atoms with Crippen LogP contribution in [0.3, 0.4) is 0 Å². The maximum absolute atomic E-state index is 12.7. The fraction of sp³-hybridized carbons (Fsp3) is 0.571. The Morgan fingerprint density at radius 2 is 2.07 bits per heavy atom. The van der Waals surface area contributed by atoms with Crippen LogP contribution in [-0.4, -0.2) is 60.7 Å². The third-order valence-corrected chi connectivity index (χ3v) is 7.02. The zero-order valence-corrected chi connectivity index (χ0v) is 17.7. The van der Waals surface area contributed by atoms with Gasteiger partial charge in [-0.25, -0.2) is 9.78 Å². The molecule has 2 amide bonds. The molecule has 156 valence electrons. The number of para-hydroxylation sites is 1. The van der Waals surface area contributed by atoms with Gasteiger partial charge in [-0.2, -0.15) is 0 Å². The number of nitrogens with zero attached hydrogens (tertiary/aromatic N) is 2. The summed E-state index contributed by atoms with van der Waals surface area (Å²) in [5.74, 6) is 0.0996. The van der Waals surface area contributed by atoms with Crippen molar-refractivity contribution in [3.8, 4) is 0 Å². The third kappa shape index (κ3) is 4.70. The lowest BCUT2D eigenvalue weighted by molar-refractivity contribution is -0.910. The minimum Gasteiger partial charge on any atom is -0.450 e. The summed E-state index contributed by atoms with van der Waals surface area (Å²) in [5.41, 5.74) is 1.05. The number of benzene rings is 1. The Morgan fingerprint density at radius 1 is 1.28 bits per heavy atom. The van der Waals surface area contributed by atoms with Gasteiger partial charge in [-0.05, 0) is 31.9 Å². The van der Waals surface area contributed by atoms with Crippen molar-refractivity contribution in [3.05, 3.63) is 29.3 Å². The van der Waals surface area contributed by atoms with Gasteiger partial charge >= 0.3 is 6.09 Å². The Labute approximate surface area is 175 Å². The molecule has 2 atom stereocenters. The van der Waals surface area contributed by atoms with E-state index in [1.807, 2.05) is 19.1 Å². The maximum Gasteiger partial charge on any atom is 0.409 e. The average Bonchev–Trinajstić information content (AvgIpc) is 3.35. The highest BCUT2D eigenvalue weighted by Crippen LogP contribution is 2.28. The van der Waals surface area contributed by atoms with Crippen LogP contribution < -0.4 is 10.2 Å². The van der Waals surface area contributed by atoms with E-state index >= 15 is 0 Å². The number of rotatable bonds is 5. The first-order valence-corrected chi connectivity index (χ1v) is 11.4. The second-order valence-electron chi connectivity index (χ2n) is 7.83. The van der Waals surface area contributed by atoms with Crippen LogP contribution in [0.2, 0.25) is 0 Å². The summed E-state index contributed by atoms with van der Waals surface area (Å²) < 4.78 is 6.27. The Balaban J connectivity index is 1.29. The standard InChI is InChI=1S/C21H28N4O3S/c1-2-28-21(27)24-12-9-15(10-13-24)22-19(26)14-25-11-5-7-17(25)20-23-16-6-3-4-8-18(16)29-20/h3-4,6,8,15,17H,2,5,7,9-14H2,1H3,(H,22,26)/p+1/t17-/m0/s1. The molecular formula is C21H29N4O3S+. The van der Waals surface area contributed by atoms with E-state index in [9.17, 15) is 9.59 Å². The molecule has 2 N–H and O–H groups in total. The smallest absolute Gasteiger partial charge is 0.409 e. The van der Waals surface area contributed by atoms with Gasteiger partial charge in [-0.15, -0.1) is 11.3 Å². The van der Waals surface area contributed by atoms with Gasteiger partial charge in [0.2, 0.25) is 0 Å². The second kappa shape index (κ2) is 9.09. The molecule has 29 heavy (non-hydrogen) atoms. The van der Waals surface area contributed by atoms with E-state index in [1.54, 1.807) is 16.2 Å². The first-order chi connectivity index (χ1) is 14.1. The third-order valence-electron chi connectivity index (χ3n) is 5.87. The Kier molecular flexibility index (Phi) is 6.30. The molecule has 7 nitrogen and oxygen atoms in total. The van der Waals surface area contributed by atoms with Crippen LogP contribution in [0.25, 0.3) is 10.2 Å². The molecular weight excluding hydrogens is 388 g/mol. The zero-order chi connectivity index (χ0) is 20.2. The molecule has 2 fully saturated rings. The van der Waals surface area contributed by atoms with E-state index in [1.165, 1.54) is 9.60 Å². The van der Waals surface area contributed by atoms with Gasteiger partial charge in [0.15, 0.2) is 11.6 Å². The molecule has 2 aromatic rings. The first-order valence-electron chi connectivity index (χ1n) is 10.5. The first kappa shape index (κ1) is 20.1. The van der Waals surface area contributed by atoms with E-state index < -0.39 is 0 Å². The highest BCUT2D eigenvalue weighted by Gasteiger charge is 2.34. The number of carbonyl (C=O) groups is 2. The Morgan fingerprint density at radius 3 is 2.83 bits per heavy atom. The van der Waals surface area contributed by atoms with E-state index in [2.05, 4.69) is 17.4 Å². The predicted octanol–water partition coefficient (Wildman–Crippen LogP) is 1.75. The van der Waals surface area contributed by atoms with Crippen LogP contribution in [0, 0.1) is 0 Å². The van der Waals surface area contributed by atoms with Crippen molar-refractivity contribution < 1.29 is 19.2 Å². The number of carbonyl (C=O) groups excluding carboxylic acids is 2. The fourth-order valence-electron chi connectivity index (χ4n) is 4.37. The molecule has 2 saturated heterocycles. The molecule has 0 bridgehead atoms. The molecule has 0 aliphatic carbocycles. The lowest BCUT2D eigenvalue weighted by Crippen LogP contribution is -3.11. The topological polar surface area (TPSA) is 76.0 Å². The summed E-state index contributed by atoms with van der Waals surface area (Å²) in [4.78, 5) is 32.3. The summed E-state index contributed by atoms with van der Waals surface area (Å²) in [6.07, 6.45) is 3.52. The molecule has 1 aromatic heterocycles. The van der Waals surface area contributed by atoms with Gasteiger partial charge in [0.1, 0.15) is 6.04 Å². The van der Waals surface area contributed by atoms with Crippen LogP contribution >= 0.6 is 11.3 Å². The van der Waals surface area contributed by atoms with Gasteiger partial charge in [-0.3, -0.25) is 4.79 Å². The van der Waals surface area contributed by atoms with Gasteiger partial charge in [0.05, 0.1) is 23.4 Å². The minimum absolute atomic E-state index is 0.0996. The van der Waals surface area contributed by atoms with Crippen molar-refractivity contribution in [1.29, 1.82) is 0 Å². The summed E-state index contributed by atoms with van der Waals surface area (Å²) in [5, 5.41) is 4.33. The van der Waals surface area contributed by atoms with Crippen molar-refractivity contribution in [1.82, 2.24) is 15.2 Å². The van der Waals surface area contributed by atoms with Crippen molar-refractivity contribution in [2.75, 3.05) is 32.8 Å². The quantitative estimate of drug-likeness (QED) is 0.777. The highest BCUT2D eigenvalue weighted by atomic mass is 32.1. The number of aromatic nitrogens is 1. The number of hydrogen-bond donors (Lipinski definition) is 2. The second-order valence-corrected chi connectivity index (χ2v) is 8.89. The van der Waals surface area contributed by atoms with Gasteiger partial charge in [0.25, 0.3) is 5.91 Å². The van der Waals surface area contributed by atoms with E-state index in [0.717, 1.165) is 42.8 Å². The lowest BCUT2D eigenvalue weighted by atomic mass is 10.1. The van der Waals surface area contributed by atoms with Crippen LogP contribution in [-0.2, 0) is 9.53 Å². The van der Waals surface area contributed by atoms with Crippen LogP contribution in [0.1, 0.15) is 43.7 Å². The molecule has 0 spiro atoms. The summed E-state index contributed by atoms with van der Waals surface area (Å²) in [7, 11) is 0. The maximum atomic E-state index is 12.7. The molecule has 1 unspecified atom stereocenters. The van der Waals surface area contributed by atoms with Gasteiger partial charge in [-0.1, -0.05) is 12.1 Å². The SMILES string of the molecule is CCOC(=O)N1CCC(NC(=O)C[NH+]2CCC[C@H]2c2nc3ccccc3s2)CC1. The Hall–Kier alpha value is -2.19. The number of nitrogens with one attached hydrogen (secondary N) is 2. The number of fused-ring (bicyclic) bond motifs is 1. The number of likely N-dealkylation sites (tertiary alicyclic amines) is 2. The van der Waals surface area contributed by atoms with Crippen molar-refractivity contribution in [2.24, 2.45) is 0 Å². The number of ether oxygens (including phenoxy) is 1. The van der Waals surface area contributed by atoms with Gasteiger partial charge < -0.3 is 19.9 Å². The number of quaternary nitrogens is 1. The summed E-state index contributed by atoms with van der Waals surface area (Å²) in [6.45, 7) is 4.97. The molecule has 1 aromatic carbocycles. The average molecular weight is 418 g/mol. The van der Waals surface area contributed by atoms with Crippen LogP contribution in [0.5, 0.6) is 0 Å². The molecule has 4 rings (SSSR count). The fourth-order valence-corrected chi connectivity index (χ4v) is 5.53. The largest absolute Gasteiger partial charge is 0.450 e. The van der Waals surface area contributed by atoms with Crippen molar-refractivity contribution in [2.45, 2.75) is 44.7 Å². The van der Waals surface area contributed by atoms with E-state index in [-0.39, 0.29) is 18.0 Å². The Bertz CT molecular complexity index is 829. The molecule has 2 aliphatic rings. The lowest BCUT2D eigenvalue weighted by Gasteiger charge is -2.31. The summed E-state index contributed by atoms with van der Waals surface area (Å²) >= 11 is 1.75. The van der Waals surface area contributed by atoms with Crippen LogP contribution in [0.15, 0.2) is 24.3 Å². The van der Waals surface area contributed by atoms with Crippen molar-refractivity contribution in [3.63, 3.8) is 0 Å². The normalized spacial score (nSPS) is 22.7. The predicted molar refractivity (Wildman–Crippen MR) is 112 cm³/mol. The van der Waals surface area contributed by atoms with E-state index in [4.69, 9.17) is 9.72 Å². The minimum atomic E-state index is -0.252. The molecule has 0 radical (unpaired) electrons. The zero-order valence-electron chi connectivity index (χ0n) is 16.9.